The molecule has 1 saturated heterocycles. The van der Waals surface area contributed by atoms with Crippen LogP contribution in [0.15, 0.2) is 22.6 Å². The summed E-state index contributed by atoms with van der Waals surface area (Å²) in [7, 11) is 1.96. The number of carbonyl (C=O) groups excluding carboxylic acids is 1. The zero-order valence-corrected chi connectivity index (χ0v) is 18.0. The van der Waals surface area contributed by atoms with E-state index in [2.05, 4.69) is 12.0 Å². The number of carbonyl (C=O) groups is 1. The first kappa shape index (κ1) is 19.2. The average molecular weight is 408 g/mol. The zero-order valence-electron chi connectivity index (χ0n) is 18.0. The van der Waals surface area contributed by atoms with E-state index in [0.717, 1.165) is 66.1 Å². The molecule has 2 aliphatic rings. The lowest BCUT2D eigenvalue weighted by Gasteiger charge is -2.25. The zero-order chi connectivity index (χ0) is 20.8. The van der Waals surface area contributed by atoms with Crippen LogP contribution in [0.1, 0.15) is 60.0 Å². The van der Waals surface area contributed by atoms with Gasteiger partial charge in [-0.3, -0.25) is 9.48 Å². The summed E-state index contributed by atoms with van der Waals surface area (Å²) in [6, 6.07) is 6.00. The normalized spacial score (nSPS) is 18.8. The minimum absolute atomic E-state index is 0.0365. The number of benzene rings is 1. The van der Waals surface area contributed by atoms with E-state index in [1.807, 2.05) is 41.8 Å². The molecule has 158 valence electrons. The third kappa shape index (κ3) is 3.18. The lowest BCUT2D eigenvalue weighted by molar-refractivity contribution is -0.134. The van der Waals surface area contributed by atoms with E-state index in [9.17, 15) is 4.79 Å². The first-order valence-corrected chi connectivity index (χ1v) is 11.0. The Hall–Kier alpha value is -2.76. The molecule has 3 heterocycles. The molecule has 5 rings (SSSR count). The summed E-state index contributed by atoms with van der Waals surface area (Å²) in [4.78, 5) is 15.0. The number of likely N-dealkylation sites (tertiary alicyclic amines) is 1. The highest BCUT2D eigenvalue weighted by Gasteiger charge is 2.33. The van der Waals surface area contributed by atoms with Crippen molar-refractivity contribution in [3.05, 3.63) is 46.5 Å². The highest BCUT2D eigenvalue weighted by atomic mass is 16.5. The molecule has 6 nitrogen and oxygen atoms in total. The van der Waals surface area contributed by atoms with E-state index in [1.54, 1.807) is 0 Å². The van der Waals surface area contributed by atoms with E-state index in [1.165, 1.54) is 24.0 Å². The number of hydrogen-bond acceptors (Lipinski definition) is 4. The Labute approximate surface area is 176 Å². The van der Waals surface area contributed by atoms with Crippen molar-refractivity contribution in [2.45, 2.75) is 58.4 Å². The number of nitrogens with zero attached hydrogens (tertiary/aromatic N) is 3. The number of aryl methyl sites for hydroxylation is 4. The van der Waals surface area contributed by atoms with Crippen molar-refractivity contribution in [1.82, 2.24) is 14.7 Å². The van der Waals surface area contributed by atoms with Crippen molar-refractivity contribution in [3.63, 3.8) is 0 Å². The summed E-state index contributed by atoms with van der Waals surface area (Å²) in [5.74, 6) is 1.88. The molecule has 0 N–H and O–H groups in total. The summed E-state index contributed by atoms with van der Waals surface area (Å²) in [5.41, 5.74) is 5.57. The van der Waals surface area contributed by atoms with Gasteiger partial charge in [0.1, 0.15) is 17.1 Å². The van der Waals surface area contributed by atoms with Gasteiger partial charge in [0.2, 0.25) is 0 Å². The van der Waals surface area contributed by atoms with E-state index in [0.29, 0.717) is 0 Å². The van der Waals surface area contributed by atoms with Gasteiger partial charge in [-0.15, -0.1) is 0 Å². The molecule has 3 aromatic rings. The van der Waals surface area contributed by atoms with Crippen molar-refractivity contribution in [2.75, 3.05) is 13.2 Å². The Bertz CT molecular complexity index is 1110. The van der Waals surface area contributed by atoms with Crippen LogP contribution in [0.2, 0.25) is 0 Å². The second-order valence-corrected chi connectivity index (χ2v) is 8.61. The number of amides is 1. The van der Waals surface area contributed by atoms with E-state index >= 15 is 0 Å². The minimum Gasteiger partial charge on any atom is -0.484 e. The Balaban J connectivity index is 1.32. The molecular weight excluding hydrogens is 378 g/mol. The van der Waals surface area contributed by atoms with Crippen molar-refractivity contribution >= 4 is 16.9 Å². The second-order valence-electron chi connectivity index (χ2n) is 8.61. The largest absolute Gasteiger partial charge is 0.484 e. The van der Waals surface area contributed by atoms with Gasteiger partial charge in [-0.1, -0.05) is 0 Å². The van der Waals surface area contributed by atoms with Gasteiger partial charge in [0, 0.05) is 42.2 Å². The molecule has 0 spiro atoms. The smallest absolute Gasteiger partial charge is 0.261 e. The Morgan fingerprint density at radius 3 is 2.87 bits per heavy atom. The predicted molar refractivity (Wildman–Crippen MR) is 115 cm³/mol. The lowest BCUT2D eigenvalue weighted by Crippen LogP contribution is -2.34. The van der Waals surface area contributed by atoms with Gasteiger partial charge in [0.15, 0.2) is 6.61 Å². The highest BCUT2D eigenvalue weighted by molar-refractivity contribution is 5.84. The van der Waals surface area contributed by atoms with Crippen molar-refractivity contribution in [2.24, 2.45) is 7.05 Å². The molecule has 1 amide bonds. The fourth-order valence-electron chi connectivity index (χ4n) is 5.20. The third-order valence-corrected chi connectivity index (χ3v) is 6.76. The molecule has 1 fully saturated rings. The molecule has 6 heteroatoms. The molecule has 0 saturated carbocycles. The fourth-order valence-corrected chi connectivity index (χ4v) is 5.20. The van der Waals surface area contributed by atoms with Crippen LogP contribution in [0.5, 0.6) is 5.75 Å². The van der Waals surface area contributed by atoms with E-state index in [4.69, 9.17) is 9.15 Å². The number of fused-ring (bicyclic) bond motifs is 3. The predicted octanol–water partition coefficient (Wildman–Crippen LogP) is 4.40. The van der Waals surface area contributed by atoms with Crippen LogP contribution in [0, 0.1) is 13.8 Å². The highest BCUT2D eigenvalue weighted by Crippen LogP contribution is 2.36. The molecule has 0 radical (unpaired) electrons. The minimum atomic E-state index is 0.0365. The Morgan fingerprint density at radius 1 is 1.23 bits per heavy atom. The Kier molecular flexibility index (Phi) is 4.80. The lowest BCUT2D eigenvalue weighted by atomic mass is 9.96. The van der Waals surface area contributed by atoms with Crippen LogP contribution in [0.25, 0.3) is 11.0 Å². The molecular formula is C24H29N3O3. The topological polar surface area (TPSA) is 60.5 Å². The Morgan fingerprint density at radius 2 is 2.07 bits per heavy atom. The quantitative estimate of drug-likeness (QED) is 0.643. The summed E-state index contributed by atoms with van der Waals surface area (Å²) in [5, 5.41) is 5.67. The van der Waals surface area contributed by atoms with E-state index in [-0.39, 0.29) is 18.6 Å². The van der Waals surface area contributed by atoms with Gasteiger partial charge in [0.25, 0.3) is 5.91 Å². The summed E-state index contributed by atoms with van der Waals surface area (Å²) >= 11 is 0. The van der Waals surface area contributed by atoms with Gasteiger partial charge in [-0.05, 0) is 64.2 Å². The van der Waals surface area contributed by atoms with Crippen LogP contribution in [0.4, 0.5) is 0 Å². The molecule has 1 aliphatic heterocycles. The first-order valence-electron chi connectivity index (χ1n) is 11.0. The summed E-state index contributed by atoms with van der Waals surface area (Å²) in [6.07, 6.45) is 6.46. The molecule has 2 aromatic heterocycles. The monoisotopic (exact) mass is 407 g/mol. The maximum Gasteiger partial charge on any atom is 0.261 e. The van der Waals surface area contributed by atoms with Crippen LogP contribution in [0.3, 0.4) is 0 Å². The number of ether oxygens (including phenoxy) is 1. The van der Waals surface area contributed by atoms with Crippen LogP contribution in [-0.4, -0.2) is 33.7 Å². The van der Waals surface area contributed by atoms with Gasteiger partial charge in [-0.25, -0.2) is 0 Å². The number of rotatable bonds is 4. The molecule has 1 unspecified atom stereocenters. The van der Waals surface area contributed by atoms with Crippen molar-refractivity contribution in [1.29, 1.82) is 0 Å². The van der Waals surface area contributed by atoms with Gasteiger partial charge in [0.05, 0.1) is 11.7 Å². The maximum absolute atomic E-state index is 13.0. The van der Waals surface area contributed by atoms with E-state index < -0.39 is 0 Å². The van der Waals surface area contributed by atoms with Gasteiger partial charge < -0.3 is 14.1 Å². The summed E-state index contributed by atoms with van der Waals surface area (Å²) < 4.78 is 13.9. The SMILES string of the molecule is Cc1nn(C)c(C)c1C1CCCN1C(=O)COc1ccc2oc3c(c2c1)CCCC3. The average Bonchev–Trinajstić information content (AvgIpc) is 3.42. The molecule has 1 aliphatic carbocycles. The van der Waals surface area contributed by atoms with Gasteiger partial charge in [-0.2, -0.15) is 5.10 Å². The third-order valence-electron chi connectivity index (χ3n) is 6.76. The number of hydrogen-bond donors (Lipinski definition) is 0. The van der Waals surface area contributed by atoms with Crippen LogP contribution >= 0.6 is 0 Å². The fraction of sp³-hybridized carbons (Fsp3) is 0.500. The van der Waals surface area contributed by atoms with Crippen LogP contribution < -0.4 is 4.74 Å². The van der Waals surface area contributed by atoms with Gasteiger partial charge >= 0.3 is 0 Å². The first-order chi connectivity index (χ1) is 14.5. The molecule has 30 heavy (non-hydrogen) atoms. The van der Waals surface area contributed by atoms with Crippen LogP contribution in [-0.2, 0) is 24.7 Å². The number of furan rings is 1. The number of aromatic nitrogens is 2. The standard InChI is InChI=1S/C24H29N3O3/c1-15-24(16(2)26(3)25-15)20-8-6-12-27(20)23(28)14-29-17-10-11-22-19(13-17)18-7-4-5-9-21(18)30-22/h10-11,13,20H,4-9,12,14H2,1-3H3. The maximum atomic E-state index is 13.0. The molecule has 1 aromatic carbocycles. The van der Waals surface area contributed by atoms with Crippen molar-refractivity contribution < 1.29 is 13.9 Å². The second kappa shape index (κ2) is 7.49. The molecule has 1 atom stereocenters. The summed E-state index contributed by atoms with van der Waals surface area (Å²) in [6.45, 7) is 4.93. The van der Waals surface area contributed by atoms with Crippen molar-refractivity contribution in [3.8, 4) is 5.75 Å². The molecule has 0 bridgehead atoms.